The fourth-order valence-corrected chi connectivity index (χ4v) is 2.21. The first-order chi connectivity index (χ1) is 13.3. The Morgan fingerprint density at radius 3 is 2.29 bits per heavy atom. The van der Waals surface area contributed by atoms with E-state index >= 15 is 0 Å². The molecule has 3 aromatic rings. The molecule has 28 heavy (non-hydrogen) atoms. The van der Waals surface area contributed by atoms with Gasteiger partial charge in [-0.15, -0.1) is 0 Å². The average molecular weight is 391 g/mol. The van der Waals surface area contributed by atoms with Gasteiger partial charge < -0.3 is 25.3 Å². The lowest BCUT2D eigenvalue weighted by Crippen LogP contribution is -2.16. The Balaban J connectivity index is 0.000000640. The second-order valence-corrected chi connectivity index (χ2v) is 5.57. The third kappa shape index (κ3) is 5.35. The Morgan fingerprint density at radius 2 is 1.79 bits per heavy atom. The van der Waals surface area contributed by atoms with Crippen molar-refractivity contribution in [1.82, 2.24) is 9.55 Å². The molecule has 0 unspecified atom stereocenters. The molecule has 0 aliphatic rings. The minimum absolute atomic E-state index is 0.0713. The number of carbonyl (C=O) groups is 1. The largest absolute Gasteiger partial charge is 0.454 e. The van der Waals surface area contributed by atoms with Crippen LogP contribution in [0.2, 0.25) is 0 Å². The fraction of sp³-hybridized carbons (Fsp3) is 0.158. The molecule has 1 amide bonds. The number of aliphatic hydroxyl groups is 2. The van der Waals surface area contributed by atoms with Gasteiger partial charge in [0.15, 0.2) is 17.4 Å². The molecule has 7 nitrogen and oxygen atoms in total. The number of imidazole rings is 1. The molecule has 148 valence electrons. The lowest BCUT2D eigenvalue weighted by atomic mass is 10.1. The highest BCUT2D eigenvalue weighted by molar-refractivity contribution is 5.90. The topological polar surface area (TPSA) is 111 Å². The van der Waals surface area contributed by atoms with Gasteiger partial charge >= 0.3 is 0 Å². The van der Waals surface area contributed by atoms with Crippen molar-refractivity contribution in [3.8, 4) is 22.8 Å². The number of primary amides is 1. The number of halogens is 2. The van der Waals surface area contributed by atoms with Crippen molar-refractivity contribution in [3.05, 3.63) is 66.1 Å². The van der Waals surface area contributed by atoms with Crippen molar-refractivity contribution in [2.75, 3.05) is 13.2 Å². The molecular formula is C19H19F2N3O4. The van der Waals surface area contributed by atoms with E-state index in [1.807, 2.05) is 0 Å². The summed E-state index contributed by atoms with van der Waals surface area (Å²) in [6.07, 6.45) is 1.68. The lowest BCUT2D eigenvalue weighted by Gasteiger charge is -2.07. The fourth-order valence-electron chi connectivity index (χ4n) is 2.21. The summed E-state index contributed by atoms with van der Waals surface area (Å²) in [7, 11) is 1.67. The van der Waals surface area contributed by atoms with Crippen LogP contribution in [0, 0.1) is 11.6 Å². The maximum absolute atomic E-state index is 13.6. The van der Waals surface area contributed by atoms with Crippen LogP contribution < -0.4 is 10.5 Å². The zero-order valence-corrected chi connectivity index (χ0v) is 15.0. The summed E-state index contributed by atoms with van der Waals surface area (Å²) >= 11 is 0. The average Bonchev–Trinajstić information content (AvgIpc) is 3.07. The predicted octanol–water partition coefficient (Wildman–Crippen LogP) is 2.23. The van der Waals surface area contributed by atoms with Gasteiger partial charge in [0.05, 0.1) is 18.9 Å². The monoisotopic (exact) mass is 391 g/mol. The number of aryl methyl sites for hydroxylation is 1. The van der Waals surface area contributed by atoms with Gasteiger partial charge in [-0.05, 0) is 36.4 Å². The Labute approximate surface area is 159 Å². The van der Waals surface area contributed by atoms with E-state index < -0.39 is 17.5 Å². The normalized spacial score (nSPS) is 10.2. The molecule has 0 radical (unpaired) electrons. The van der Waals surface area contributed by atoms with Gasteiger partial charge in [-0.1, -0.05) is 0 Å². The summed E-state index contributed by atoms with van der Waals surface area (Å²) in [5.41, 5.74) is 6.55. The van der Waals surface area contributed by atoms with Crippen LogP contribution in [0.1, 0.15) is 10.6 Å². The molecule has 4 N–H and O–H groups in total. The molecule has 0 saturated carbocycles. The third-order valence-electron chi connectivity index (χ3n) is 3.47. The van der Waals surface area contributed by atoms with Crippen LogP contribution in [0.4, 0.5) is 8.78 Å². The van der Waals surface area contributed by atoms with Gasteiger partial charge in [-0.3, -0.25) is 4.79 Å². The van der Waals surface area contributed by atoms with Crippen molar-refractivity contribution in [2.24, 2.45) is 12.8 Å². The molecule has 9 heteroatoms. The van der Waals surface area contributed by atoms with Gasteiger partial charge in [0, 0.05) is 24.9 Å². The Morgan fingerprint density at radius 1 is 1.14 bits per heavy atom. The number of ether oxygens (including phenoxy) is 1. The highest BCUT2D eigenvalue weighted by Gasteiger charge is 2.12. The summed E-state index contributed by atoms with van der Waals surface area (Å²) in [4.78, 5) is 15.4. The SMILES string of the molecule is Cn1cc(-c2ccc(Oc3ccc(F)cc3F)cc2)nc1C(N)=O.OCCO. The summed E-state index contributed by atoms with van der Waals surface area (Å²) < 4.78 is 33.4. The molecule has 1 heterocycles. The van der Waals surface area contributed by atoms with Gasteiger partial charge in [0.2, 0.25) is 0 Å². The molecule has 0 saturated heterocycles. The first-order valence-corrected chi connectivity index (χ1v) is 8.14. The zero-order valence-electron chi connectivity index (χ0n) is 15.0. The molecular weight excluding hydrogens is 372 g/mol. The quantitative estimate of drug-likeness (QED) is 0.618. The first-order valence-electron chi connectivity index (χ1n) is 8.14. The minimum atomic E-state index is -0.782. The molecule has 0 aliphatic heterocycles. The van der Waals surface area contributed by atoms with Crippen LogP contribution in [0.5, 0.6) is 11.5 Å². The number of aliphatic hydroxyl groups excluding tert-OH is 2. The molecule has 0 atom stereocenters. The van der Waals surface area contributed by atoms with Crippen molar-refractivity contribution in [1.29, 1.82) is 0 Å². The number of aromatic nitrogens is 2. The molecule has 0 fully saturated rings. The van der Waals surface area contributed by atoms with Gasteiger partial charge in [-0.2, -0.15) is 0 Å². The van der Waals surface area contributed by atoms with Crippen LogP contribution in [0.15, 0.2) is 48.7 Å². The van der Waals surface area contributed by atoms with Crippen LogP contribution >= 0.6 is 0 Å². The number of hydrogen-bond donors (Lipinski definition) is 3. The summed E-state index contributed by atoms with van der Waals surface area (Å²) in [5.74, 6) is -1.60. The molecule has 2 aromatic carbocycles. The standard InChI is InChI=1S/C17H13F2N3O2.C2H6O2/c1-22-9-14(21-17(22)16(20)23)10-2-5-12(6-3-10)24-15-7-4-11(18)8-13(15)19;3-1-2-4/h2-9H,1H3,(H2,20,23);3-4H,1-2H2. The highest BCUT2D eigenvalue weighted by Crippen LogP contribution is 2.27. The summed E-state index contributed by atoms with van der Waals surface area (Å²) in [6, 6.07) is 9.76. The van der Waals surface area contributed by atoms with Crippen LogP contribution in [-0.2, 0) is 7.05 Å². The molecule has 1 aromatic heterocycles. The zero-order chi connectivity index (χ0) is 20.7. The van der Waals surface area contributed by atoms with Crippen LogP contribution in [-0.4, -0.2) is 38.9 Å². The summed E-state index contributed by atoms with van der Waals surface area (Å²) in [5, 5.41) is 15.2. The first kappa shape index (κ1) is 21.0. The van der Waals surface area contributed by atoms with E-state index in [9.17, 15) is 13.6 Å². The maximum Gasteiger partial charge on any atom is 0.284 e. The number of benzene rings is 2. The second-order valence-electron chi connectivity index (χ2n) is 5.57. The van der Waals surface area contributed by atoms with Crippen molar-refractivity contribution < 1.29 is 28.5 Å². The molecule has 0 aliphatic carbocycles. The van der Waals surface area contributed by atoms with E-state index in [1.54, 1.807) is 37.5 Å². The Kier molecular flexibility index (Phi) is 7.19. The van der Waals surface area contributed by atoms with E-state index in [0.717, 1.165) is 17.7 Å². The second kappa shape index (κ2) is 9.58. The van der Waals surface area contributed by atoms with Crippen molar-refractivity contribution in [3.63, 3.8) is 0 Å². The van der Waals surface area contributed by atoms with Crippen LogP contribution in [0.25, 0.3) is 11.3 Å². The lowest BCUT2D eigenvalue weighted by molar-refractivity contribution is 0.0987. The predicted molar refractivity (Wildman–Crippen MR) is 97.8 cm³/mol. The number of rotatable bonds is 5. The Hall–Kier alpha value is -3.30. The van der Waals surface area contributed by atoms with Crippen LogP contribution in [0.3, 0.4) is 0 Å². The van der Waals surface area contributed by atoms with E-state index in [1.165, 1.54) is 10.6 Å². The maximum atomic E-state index is 13.6. The number of carbonyl (C=O) groups excluding carboxylic acids is 1. The van der Waals surface area contributed by atoms with E-state index in [2.05, 4.69) is 4.98 Å². The smallest absolute Gasteiger partial charge is 0.284 e. The van der Waals surface area contributed by atoms with Crippen molar-refractivity contribution in [2.45, 2.75) is 0 Å². The minimum Gasteiger partial charge on any atom is -0.454 e. The molecule has 0 bridgehead atoms. The number of nitrogens with two attached hydrogens (primary N) is 1. The molecule has 3 rings (SSSR count). The van der Waals surface area contributed by atoms with E-state index in [-0.39, 0.29) is 24.8 Å². The molecule has 0 spiro atoms. The third-order valence-corrected chi connectivity index (χ3v) is 3.47. The summed E-state index contributed by atoms with van der Waals surface area (Å²) in [6.45, 7) is -0.250. The highest BCUT2D eigenvalue weighted by atomic mass is 19.1. The van der Waals surface area contributed by atoms with Crippen molar-refractivity contribution >= 4 is 5.91 Å². The van der Waals surface area contributed by atoms with E-state index in [4.69, 9.17) is 20.7 Å². The van der Waals surface area contributed by atoms with Gasteiger partial charge in [-0.25, -0.2) is 13.8 Å². The van der Waals surface area contributed by atoms with E-state index in [0.29, 0.717) is 11.4 Å². The number of nitrogens with zero attached hydrogens (tertiary/aromatic N) is 2. The van der Waals surface area contributed by atoms with Gasteiger partial charge in [0.25, 0.3) is 5.91 Å². The number of hydrogen-bond acceptors (Lipinski definition) is 5. The van der Waals surface area contributed by atoms with Gasteiger partial charge in [0.1, 0.15) is 11.6 Å². The number of amides is 1. The Bertz CT molecular complexity index is 941.